The average Bonchev–Trinajstić information content (AvgIpc) is 3.22. The molecular formula is C14H16BrF4NO. The van der Waals surface area contributed by atoms with Gasteiger partial charge in [0.1, 0.15) is 6.61 Å². The van der Waals surface area contributed by atoms with Crippen molar-refractivity contribution in [3.8, 4) is 0 Å². The molecule has 1 fully saturated rings. The van der Waals surface area contributed by atoms with E-state index in [-0.39, 0.29) is 6.61 Å². The minimum Gasteiger partial charge on any atom is -0.370 e. The number of ether oxygens (including phenoxy) is 1. The van der Waals surface area contributed by atoms with E-state index in [1.807, 2.05) is 12.1 Å². The Morgan fingerprint density at radius 1 is 1.33 bits per heavy atom. The average molecular weight is 370 g/mol. The van der Waals surface area contributed by atoms with E-state index < -0.39 is 19.0 Å². The Morgan fingerprint density at radius 3 is 2.62 bits per heavy atom. The van der Waals surface area contributed by atoms with Gasteiger partial charge in [-0.3, -0.25) is 0 Å². The summed E-state index contributed by atoms with van der Waals surface area (Å²) >= 11 is 3.34. The first-order chi connectivity index (χ1) is 9.88. The third-order valence-electron chi connectivity index (χ3n) is 3.16. The molecule has 118 valence electrons. The number of nitrogens with one attached hydrogen (secondary N) is 1. The van der Waals surface area contributed by atoms with E-state index in [1.165, 1.54) is 12.8 Å². The molecule has 0 aromatic heterocycles. The van der Waals surface area contributed by atoms with Crippen molar-refractivity contribution in [2.75, 3.05) is 6.61 Å². The lowest BCUT2D eigenvalue weighted by molar-refractivity contribution is -0.168. The highest BCUT2D eigenvalue weighted by Gasteiger charge is 2.40. The minimum atomic E-state index is -4.11. The maximum atomic E-state index is 12.7. The van der Waals surface area contributed by atoms with Crippen molar-refractivity contribution >= 4 is 15.9 Å². The first kappa shape index (κ1) is 16.7. The van der Waals surface area contributed by atoms with Crippen LogP contribution in [-0.4, -0.2) is 25.0 Å². The van der Waals surface area contributed by atoms with E-state index in [4.69, 9.17) is 4.74 Å². The van der Waals surface area contributed by atoms with E-state index in [1.54, 1.807) is 6.07 Å². The summed E-state index contributed by atoms with van der Waals surface area (Å²) in [6, 6.07) is 6.08. The van der Waals surface area contributed by atoms with Crippen molar-refractivity contribution in [3.05, 3.63) is 33.8 Å². The molecule has 21 heavy (non-hydrogen) atoms. The van der Waals surface area contributed by atoms with Gasteiger partial charge in [-0.1, -0.05) is 28.1 Å². The second kappa shape index (κ2) is 7.07. The van der Waals surface area contributed by atoms with E-state index in [0.29, 0.717) is 11.6 Å². The van der Waals surface area contributed by atoms with Gasteiger partial charge in [0.15, 0.2) is 0 Å². The maximum Gasteiger partial charge on any atom is 0.330 e. The molecule has 1 aliphatic carbocycles. The first-order valence-corrected chi connectivity index (χ1v) is 7.42. The zero-order valence-corrected chi connectivity index (χ0v) is 12.8. The highest BCUT2D eigenvalue weighted by atomic mass is 79.9. The molecule has 1 N–H and O–H groups in total. The smallest absolute Gasteiger partial charge is 0.330 e. The normalized spacial score (nSPS) is 15.7. The molecule has 0 atom stereocenters. The van der Waals surface area contributed by atoms with Crippen LogP contribution in [0.15, 0.2) is 22.7 Å². The molecule has 1 aromatic rings. The third kappa shape index (κ3) is 5.23. The summed E-state index contributed by atoms with van der Waals surface area (Å²) < 4.78 is 54.8. The summed E-state index contributed by atoms with van der Waals surface area (Å²) in [6.45, 7) is -0.685. The van der Waals surface area contributed by atoms with Gasteiger partial charge >= 0.3 is 12.3 Å². The maximum absolute atomic E-state index is 12.7. The second-order valence-electron chi connectivity index (χ2n) is 5.14. The molecule has 0 spiro atoms. The van der Waals surface area contributed by atoms with E-state index in [0.717, 1.165) is 16.6 Å². The van der Waals surface area contributed by atoms with Crippen LogP contribution < -0.4 is 5.32 Å². The lowest BCUT2D eigenvalue weighted by Gasteiger charge is -2.15. The molecule has 7 heteroatoms. The molecule has 0 unspecified atom stereocenters. The topological polar surface area (TPSA) is 21.3 Å². The highest BCUT2D eigenvalue weighted by molar-refractivity contribution is 9.10. The molecular weight excluding hydrogens is 354 g/mol. The van der Waals surface area contributed by atoms with Gasteiger partial charge in [0.2, 0.25) is 0 Å². The minimum absolute atomic E-state index is 0.140. The van der Waals surface area contributed by atoms with E-state index >= 15 is 0 Å². The molecule has 0 radical (unpaired) electrons. The van der Waals surface area contributed by atoms with Crippen LogP contribution in [0.25, 0.3) is 0 Å². The molecule has 0 aliphatic heterocycles. The predicted molar refractivity (Wildman–Crippen MR) is 74.6 cm³/mol. The zero-order chi connectivity index (χ0) is 15.5. The summed E-state index contributed by atoms with van der Waals surface area (Å²) in [5.41, 5.74) is 1.71. The Bertz CT molecular complexity index is 480. The van der Waals surface area contributed by atoms with Crippen molar-refractivity contribution < 1.29 is 22.3 Å². The van der Waals surface area contributed by atoms with E-state index in [2.05, 4.69) is 21.2 Å². The summed E-state index contributed by atoms with van der Waals surface area (Å²) in [5.74, 6) is -4.11. The quantitative estimate of drug-likeness (QED) is 0.696. The molecule has 1 aromatic carbocycles. The van der Waals surface area contributed by atoms with Crippen LogP contribution in [0.3, 0.4) is 0 Å². The van der Waals surface area contributed by atoms with Crippen LogP contribution >= 0.6 is 15.9 Å². The van der Waals surface area contributed by atoms with Crippen LogP contribution in [0.2, 0.25) is 0 Å². The number of benzene rings is 1. The van der Waals surface area contributed by atoms with Crippen molar-refractivity contribution in [2.45, 2.75) is 44.4 Å². The van der Waals surface area contributed by atoms with Gasteiger partial charge in [0.25, 0.3) is 0 Å². The number of alkyl halides is 4. The number of hydrogen-bond acceptors (Lipinski definition) is 2. The van der Waals surface area contributed by atoms with Gasteiger partial charge < -0.3 is 10.1 Å². The van der Waals surface area contributed by atoms with Crippen molar-refractivity contribution in [2.24, 2.45) is 0 Å². The fourth-order valence-corrected chi connectivity index (χ4v) is 2.27. The molecule has 2 nitrogen and oxygen atoms in total. The Labute approximate surface area is 129 Å². The molecule has 1 saturated carbocycles. The Kier molecular flexibility index (Phi) is 5.62. The molecule has 0 bridgehead atoms. The fraction of sp³-hybridized carbons (Fsp3) is 0.571. The van der Waals surface area contributed by atoms with E-state index in [9.17, 15) is 17.6 Å². The highest BCUT2D eigenvalue weighted by Crippen LogP contribution is 2.25. The summed E-state index contributed by atoms with van der Waals surface area (Å²) in [6.07, 6.45) is -1.31. The lowest BCUT2D eigenvalue weighted by Crippen LogP contribution is -2.32. The SMILES string of the molecule is FC(F)C(F)(F)COCc1ccc(CNC2CC2)cc1Br. The lowest BCUT2D eigenvalue weighted by atomic mass is 10.1. The molecule has 2 rings (SSSR count). The van der Waals surface area contributed by atoms with Crippen LogP contribution in [0.5, 0.6) is 0 Å². The van der Waals surface area contributed by atoms with Gasteiger partial charge in [-0.2, -0.15) is 8.78 Å². The number of halogens is 5. The molecule has 0 amide bonds. The van der Waals surface area contributed by atoms with Gasteiger partial charge in [0.05, 0.1) is 6.61 Å². The summed E-state index contributed by atoms with van der Waals surface area (Å²) in [7, 11) is 0. The van der Waals surface area contributed by atoms with Crippen molar-refractivity contribution in [3.63, 3.8) is 0 Å². The van der Waals surface area contributed by atoms with Gasteiger partial charge in [-0.05, 0) is 30.0 Å². The van der Waals surface area contributed by atoms with Crippen molar-refractivity contribution in [1.29, 1.82) is 0 Å². The molecule has 1 aliphatic rings. The van der Waals surface area contributed by atoms with Gasteiger partial charge in [-0.15, -0.1) is 0 Å². The first-order valence-electron chi connectivity index (χ1n) is 6.63. The largest absolute Gasteiger partial charge is 0.370 e. The second-order valence-corrected chi connectivity index (χ2v) is 5.99. The number of rotatable bonds is 8. The summed E-state index contributed by atoms with van der Waals surface area (Å²) in [5, 5.41) is 3.36. The predicted octanol–water partition coefficient (Wildman–Crippen LogP) is 4.12. The Hall–Kier alpha value is -0.660. The van der Waals surface area contributed by atoms with Crippen molar-refractivity contribution in [1.82, 2.24) is 5.32 Å². The van der Waals surface area contributed by atoms with Crippen LogP contribution in [0, 0.1) is 0 Å². The van der Waals surface area contributed by atoms with Gasteiger partial charge in [0, 0.05) is 17.1 Å². The molecule has 0 heterocycles. The van der Waals surface area contributed by atoms with Crippen LogP contribution in [-0.2, 0) is 17.9 Å². The van der Waals surface area contributed by atoms with Crippen LogP contribution in [0.4, 0.5) is 17.6 Å². The summed E-state index contributed by atoms with van der Waals surface area (Å²) in [4.78, 5) is 0. The number of hydrogen-bond donors (Lipinski definition) is 1. The fourth-order valence-electron chi connectivity index (χ4n) is 1.73. The Morgan fingerprint density at radius 2 is 2.05 bits per heavy atom. The monoisotopic (exact) mass is 369 g/mol. The van der Waals surface area contributed by atoms with Gasteiger partial charge in [-0.25, -0.2) is 8.78 Å². The Balaban J connectivity index is 1.82. The zero-order valence-electron chi connectivity index (χ0n) is 11.2. The molecule has 0 saturated heterocycles. The third-order valence-corrected chi connectivity index (χ3v) is 3.90. The van der Waals surface area contributed by atoms with Crippen LogP contribution in [0.1, 0.15) is 24.0 Å². The standard InChI is InChI=1S/C14H16BrF4NO/c15-12-5-9(6-20-11-3-4-11)1-2-10(12)7-21-8-14(18,19)13(16)17/h1-2,5,11,13,20H,3-4,6-8H2.